The van der Waals surface area contributed by atoms with Gasteiger partial charge in [-0.1, -0.05) is 0 Å². The second-order valence-electron chi connectivity index (χ2n) is 15.3. The van der Waals surface area contributed by atoms with Gasteiger partial charge in [-0.05, 0) is 6.92 Å². The molecule has 6 aliphatic rings. The fraction of sp³-hybridized carbons (Fsp3) is 1.00. The molecule has 0 aromatic heterocycles. The Labute approximate surface area is 323 Å². The molecule has 17 N–H and O–H groups in total. The van der Waals surface area contributed by atoms with Crippen molar-refractivity contribution in [2.45, 2.75) is 166 Å². The molecule has 5 saturated heterocycles. The van der Waals surface area contributed by atoms with Crippen LogP contribution in [0.1, 0.15) is 6.92 Å². The number of ether oxygens (including phenoxy) is 8. The minimum atomic E-state index is -2.01. The van der Waals surface area contributed by atoms with Crippen LogP contribution in [0.15, 0.2) is 0 Å². The van der Waals surface area contributed by atoms with Gasteiger partial charge < -0.3 is 125 Å². The summed E-state index contributed by atoms with van der Waals surface area (Å²) in [5.41, 5.74) is -1.78. The smallest absolute Gasteiger partial charge is 0.187 e. The average molecular weight is 838 g/mol. The highest BCUT2D eigenvalue weighted by molar-refractivity contribution is 5.23. The lowest BCUT2D eigenvalue weighted by Crippen LogP contribution is -2.72. The minimum Gasteiger partial charge on any atom is -0.394 e. The first kappa shape index (κ1) is 45.5. The molecule has 5 heterocycles. The molecule has 26 atom stereocenters. The van der Waals surface area contributed by atoms with Crippen LogP contribution in [-0.4, -0.2) is 273 Å². The van der Waals surface area contributed by atoms with E-state index in [0.717, 1.165) is 0 Å². The molecule has 0 spiro atoms. The molecular weight excluding hydrogens is 782 g/mol. The van der Waals surface area contributed by atoms with Gasteiger partial charge >= 0.3 is 0 Å². The average Bonchev–Trinajstić information content (AvgIpc) is 3.95. The van der Waals surface area contributed by atoms with Gasteiger partial charge in [0.2, 0.25) is 0 Å². The third-order valence-corrected chi connectivity index (χ3v) is 11.8. The highest BCUT2D eigenvalue weighted by atomic mass is 16.8. The highest BCUT2D eigenvalue weighted by Gasteiger charge is 2.73. The SMILES string of the molecule is CC1OC(CO)C(OC2OC(CO)C(OC3OC(CO)C(NC4C(O)C(O)C(OC5OC(CO)C(O)C(O)C5O)C5(CO)OC45)C(O)C3O)C(O)C2O)C(O)C1O. The summed E-state index contributed by atoms with van der Waals surface area (Å²) >= 11 is 0. The summed E-state index contributed by atoms with van der Waals surface area (Å²) in [7, 11) is 0. The summed E-state index contributed by atoms with van der Waals surface area (Å²) in [4.78, 5) is 0. The molecule has 25 heteroatoms. The lowest BCUT2D eigenvalue weighted by Gasteiger charge is -2.49. The number of hydrogen-bond donors (Lipinski definition) is 17. The van der Waals surface area contributed by atoms with E-state index in [-0.39, 0.29) is 0 Å². The number of epoxide rings is 1. The lowest BCUT2D eigenvalue weighted by atomic mass is 9.78. The third kappa shape index (κ3) is 8.23. The van der Waals surface area contributed by atoms with Gasteiger partial charge in [-0.2, -0.15) is 0 Å². The summed E-state index contributed by atoms with van der Waals surface area (Å²) < 4.78 is 44.8. The van der Waals surface area contributed by atoms with Crippen molar-refractivity contribution in [1.82, 2.24) is 5.32 Å². The van der Waals surface area contributed by atoms with Crippen LogP contribution in [0.2, 0.25) is 0 Å². The Bertz CT molecular complexity index is 1300. The van der Waals surface area contributed by atoms with E-state index in [4.69, 9.17) is 37.9 Å². The molecule has 57 heavy (non-hydrogen) atoms. The number of rotatable bonds is 13. The molecule has 0 bridgehead atoms. The van der Waals surface area contributed by atoms with Gasteiger partial charge in [-0.15, -0.1) is 0 Å². The van der Waals surface area contributed by atoms with Crippen molar-refractivity contribution >= 4 is 0 Å². The molecule has 332 valence electrons. The van der Waals surface area contributed by atoms with Crippen molar-refractivity contribution in [3.8, 4) is 0 Å². The topological polar surface area (TPSA) is 413 Å². The second-order valence-corrected chi connectivity index (χ2v) is 15.3. The maximum Gasteiger partial charge on any atom is 0.187 e. The van der Waals surface area contributed by atoms with Gasteiger partial charge in [-0.3, -0.25) is 0 Å². The molecule has 0 radical (unpaired) electrons. The van der Waals surface area contributed by atoms with Crippen LogP contribution >= 0.6 is 0 Å². The van der Waals surface area contributed by atoms with Crippen LogP contribution in [0.25, 0.3) is 0 Å². The fourth-order valence-corrected chi connectivity index (χ4v) is 8.30. The zero-order chi connectivity index (χ0) is 41.8. The van der Waals surface area contributed by atoms with E-state index in [9.17, 15) is 81.7 Å². The number of hydrogen-bond acceptors (Lipinski definition) is 25. The zero-order valence-electron chi connectivity index (χ0n) is 30.4. The Morgan fingerprint density at radius 1 is 0.456 bits per heavy atom. The third-order valence-electron chi connectivity index (χ3n) is 11.8. The molecule has 6 rings (SSSR count). The Morgan fingerprint density at radius 3 is 1.47 bits per heavy atom. The summed E-state index contributed by atoms with van der Waals surface area (Å²) in [5, 5.41) is 171. The molecule has 0 amide bonds. The van der Waals surface area contributed by atoms with Gasteiger partial charge in [0.15, 0.2) is 18.9 Å². The summed E-state index contributed by atoms with van der Waals surface area (Å²) in [6.45, 7) is -2.63. The van der Waals surface area contributed by atoms with Crippen molar-refractivity contribution < 1.29 is 120 Å². The molecule has 1 aliphatic carbocycles. The molecule has 1 saturated carbocycles. The predicted molar refractivity (Wildman–Crippen MR) is 175 cm³/mol. The van der Waals surface area contributed by atoms with Gasteiger partial charge in [0.25, 0.3) is 0 Å². The van der Waals surface area contributed by atoms with Crippen molar-refractivity contribution in [1.29, 1.82) is 0 Å². The molecule has 5 aliphatic heterocycles. The van der Waals surface area contributed by atoms with Crippen LogP contribution in [0.5, 0.6) is 0 Å². The highest BCUT2D eigenvalue weighted by Crippen LogP contribution is 2.50. The van der Waals surface area contributed by atoms with Crippen LogP contribution in [0, 0.1) is 0 Å². The number of fused-ring (bicyclic) bond motifs is 1. The Kier molecular flexibility index (Phi) is 14.5. The first-order valence-corrected chi connectivity index (χ1v) is 18.5. The van der Waals surface area contributed by atoms with E-state index in [1.807, 2.05) is 0 Å². The van der Waals surface area contributed by atoms with E-state index in [1.54, 1.807) is 0 Å². The van der Waals surface area contributed by atoms with Crippen LogP contribution < -0.4 is 5.32 Å². The maximum absolute atomic E-state index is 11.3. The molecule has 26 unspecified atom stereocenters. The number of nitrogens with one attached hydrogen (secondary N) is 1. The van der Waals surface area contributed by atoms with Gasteiger partial charge in [0, 0.05) is 0 Å². The van der Waals surface area contributed by atoms with E-state index in [1.165, 1.54) is 6.92 Å². The van der Waals surface area contributed by atoms with Gasteiger partial charge in [-0.25, -0.2) is 0 Å². The fourth-order valence-electron chi connectivity index (χ4n) is 8.30. The van der Waals surface area contributed by atoms with E-state index in [0.29, 0.717) is 0 Å². The van der Waals surface area contributed by atoms with Crippen molar-refractivity contribution in [3.63, 3.8) is 0 Å². The standard InChI is InChI=1S/C32H55NO24/c1-7-14(39)19(44)25(10(4-36)50-7)54-30-24(49)20(45)26(11(5-37)53-30)55-29-22(47)16(41)12(8(2-34)51-29)33-13-17(42)21(46)28(32(6-38)27(13)57-32)56-31-23(48)18(43)15(40)9(3-35)52-31/h7-31,33-49H,2-6H2,1H3. The van der Waals surface area contributed by atoms with Crippen molar-refractivity contribution in [2.24, 2.45) is 0 Å². The van der Waals surface area contributed by atoms with Crippen molar-refractivity contribution in [2.75, 3.05) is 33.0 Å². The molecule has 0 aromatic carbocycles. The first-order chi connectivity index (χ1) is 27.0. The predicted octanol–water partition coefficient (Wildman–Crippen LogP) is -11.5. The van der Waals surface area contributed by atoms with Crippen LogP contribution in [-0.2, 0) is 37.9 Å². The summed E-state index contributed by atoms with van der Waals surface area (Å²) in [6, 6.07) is -2.84. The minimum absolute atomic E-state index is 0.669. The lowest BCUT2D eigenvalue weighted by molar-refractivity contribution is -0.368. The van der Waals surface area contributed by atoms with E-state index in [2.05, 4.69) is 5.32 Å². The molecule has 25 nitrogen and oxygen atoms in total. The monoisotopic (exact) mass is 837 g/mol. The number of aliphatic hydroxyl groups excluding tert-OH is 16. The summed E-state index contributed by atoms with van der Waals surface area (Å²) in [5.74, 6) is 0. The Hall–Kier alpha value is -1.00. The first-order valence-electron chi connectivity index (χ1n) is 18.5. The van der Waals surface area contributed by atoms with Gasteiger partial charge in [0.1, 0.15) is 122 Å². The van der Waals surface area contributed by atoms with E-state index >= 15 is 0 Å². The van der Waals surface area contributed by atoms with Crippen LogP contribution in [0.4, 0.5) is 0 Å². The largest absolute Gasteiger partial charge is 0.394 e. The quantitative estimate of drug-likeness (QED) is 0.0766. The van der Waals surface area contributed by atoms with Crippen molar-refractivity contribution in [3.05, 3.63) is 0 Å². The summed E-state index contributed by atoms with van der Waals surface area (Å²) in [6.07, 6.45) is -38.1. The van der Waals surface area contributed by atoms with E-state index < -0.39 is 192 Å². The molecule has 0 aromatic rings. The second kappa shape index (κ2) is 18.2. The zero-order valence-corrected chi connectivity index (χ0v) is 30.4. The Morgan fingerprint density at radius 2 is 0.912 bits per heavy atom. The molecular formula is C32H55NO24. The van der Waals surface area contributed by atoms with Crippen LogP contribution in [0.3, 0.4) is 0 Å². The van der Waals surface area contributed by atoms with Gasteiger partial charge in [0.05, 0.1) is 51.2 Å². The normalized spacial score (nSPS) is 55.6. The molecule has 6 fully saturated rings. The number of aliphatic hydroxyl groups is 16. The Balaban J connectivity index is 1.11. The maximum atomic E-state index is 11.3.